The van der Waals surface area contributed by atoms with E-state index in [9.17, 15) is 14.0 Å². The van der Waals surface area contributed by atoms with Gasteiger partial charge in [0.25, 0.3) is 0 Å². The van der Waals surface area contributed by atoms with E-state index in [1.807, 2.05) is 20.8 Å². The molecule has 1 saturated heterocycles. The highest BCUT2D eigenvalue weighted by Gasteiger charge is 2.39. The van der Waals surface area contributed by atoms with Gasteiger partial charge < -0.3 is 10.2 Å². The number of nitrogens with zero attached hydrogens (tertiary/aromatic N) is 1. The second-order valence-corrected chi connectivity index (χ2v) is 7.11. The molecule has 4 nitrogen and oxygen atoms in total. The van der Waals surface area contributed by atoms with Crippen LogP contribution in [0.15, 0.2) is 22.7 Å². The van der Waals surface area contributed by atoms with Crippen molar-refractivity contribution in [2.45, 2.75) is 32.7 Å². The van der Waals surface area contributed by atoms with Crippen molar-refractivity contribution < 1.29 is 14.0 Å². The van der Waals surface area contributed by atoms with E-state index >= 15 is 0 Å². The standard InChI is InChI=1S/C15H18BrFN2O2/c1-15(2,3)19-8-9(6-13(19)20)14(21)18-12-5-4-10(16)7-11(12)17/h4-5,7,9H,6,8H2,1-3H3,(H,18,21)/t9-/m1/s1. The molecule has 1 fully saturated rings. The molecule has 21 heavy (non-hydrogen) atoms. The third-order valence-corrected chi connectivity index (χ3v) is 3.99. The Kier molecular flexibility index (Phi) is 4.37. The van der Waals surface area contributed by atoms with Crippen LogP contribution >= 0.6 is 15.9 Å². The van der Waals surface area contributed by atoms with Crippen molar-refractivity contribution in [3.63, 3.8) is 0 Å². The van der Waals surface area contributed by atoms with E-state index in [4.69, 9.17) is 0 Å². The van der Waals surface area contributed by atoms with Gasteiger partial charge in [-0.3, -0.25) is 9.59 Å². The molecule has 114 valence electrons. The summed E-state index contributed by atoms with van der Waals surface area (Å²) >= 11 is 3.16. The van der Waals surface area contributed by atoms with Crippen LogP contribution in [0.25, 0.3) is 0 Å². The lowest BCUT2D eigenvalue weighted by atomic mass is 10.1. The van der Waals surface area contributed by atoms with Gasteiger partial charge >= 0.3 is 0 Å². The molecule has 1 aliphatic heterocycles. The molecule has 1 aliphatic rings. The van der Waals surface area contributed by atoms with E-state index in [2.05, 4.69) is 21.2 Å². The van der Waals surface area contributed by atoms with Crippen LogP contribution in [0.5, 0.6) is 0 Å². The minimum atomic E-state index is -0.505. The molecule has 0 saturated carbocycles. The molecule has 0 spiro atoms. The van der Waals surface area contributed by atoms with Crippen molar-refractivity contribution in [1.29, 1.82) is 0 Å². The second kappa shape index (κ2) is 5.75. The summed E-state index contributed by atoms with van der Waals surface area (Å²) in [5.74, 6) is -1.32. The first-order valence-electron chi connectivity index (χ1n) is 6.75. The molecule has 1 heterocycles. The van der Waals surface area contributed by atoms with E-state index in [-0.39, 0.29) is 29.5 Å². The highest BCUT2D eigenvalue weighted by Crippen LogP contribution is 2.27. The van der Waals surface area contributed by atoms with Crippen LogP contribution in [0.1, 0.15) is 27.2 Å². The molecule has 1 aromatic rings. The lowest BCUT2D eigenvalue weighted by Gasteiger charge is -2.31. The van der Waals surface area contributed by atoms with Crippen LogP contribution in [0.2, 0.25) is 0 Å². The monoisotopic (exact) mass is 356 g/mol. The first-order chi connectivity index (χ1) is 9.68. The molecule has 0 aliphatic carbocycles. The first kappa shape index (κ1) is 15.9. The highest BCUT2D eigenvalue weighted by molar-refractivity contribution is 9.10. The summed E-state index contributed by atoms with van der Waals surface area (Å²) in [7, 11) is 0. The van der Waals surface area contributed by atoms with Gasteiger partial charge in [0.2, 0.25) is 11.8 Å². The molecule has 1 N–H and O–H groups in total. The van der Waals surface area contributed by atoms with Gasteiger partial charge in [0.1, 0.15) is 5.82 Å². The molecule has 1 aromatic carbocycles. The van der Waals surface area contributed by atoms with Crippen molar-refractivity contribution in [2.24, 2.45) is 5.92 Å². The van der Waals surface area contributed by atoms with Crippen molar-refractivity contribution in [1.82, 2.24) is 4.90 Å². The summed E-state index contributed by atoms with van der Waals surface area (Å²) in [5, 5.41) is 2.56. The molecule has 2 rings (SSSR count). The van der Waals surface area contributed by atoms with E-state index in [1.54, 1.807) is 11.0 Å². The minimum Gasteiger partial charge on any atom is -0.337 e. The number of carbonyl (C=O) groups is 2. The van der Waals surface area contributed by atoms with Crippen molar-refractivity contribution in [3.05, 3.63) is 28.5 Å². The van der Waals surface area contributed by atoms with Crippen molar-refractivity contribution >= 4 is 33.4 Å². The molecule has 0 aromatic heterocycles. The summed E-state index contributed by atoms with van der Waals surface area (Å²) in [4.78, 5) is 25.9. The maximum Gasteiger partial charge on any atom is 0.229 e. The van der Waals surface area contributed by atoms with E-state index < -0.39 is 11.7 Å². The van der Waals surface area contributed by atoms with Gasteiger partial charge in [-0.05, 0) is 39.0 Å². The molecule has 0 bridgehead atoms. The molecule has 6 heteroatoms. The molecular weight excluding hydrogens is 339 g/mol. The van der Waals surface area contributed by atoms with Crippen LogP contribution in [-0.2, 0) is 9.59 Å². The summed E-state index contributed by atoms with van der Waals surface area (Å²) < 4.78 is 14.3. The van der Waals surface area contributed by atoms with Gasteiger partial charge in [-0.15, -0.1) is 0 Å². The summed E-state index contributed by atoms with van der Waals surface area (Å²) in [6, 6.07) is 4.44. The Morgan fingerprint density at radius 3 is 2.62 bits per heavy atom. The Morgan fingerprint density at radius 1 is 1.43 bits per heavy atom. The number of nitrogens with one attached hydrogen (secondary N) is 1. The van der Waals surface area contributed by atoms with Crippen LogP contribution < -0.4 is 5.32 Å². The largest absolute Gasteiger partial charge is 0.337 e. The van der Waals surface area contributed by atoms with Gasteiger partial charge in [-0.1, -0.05) is 15.9 Å². The zero-order chi connectivity index (χ0) is 15.8. The number of amides is 2. The van der Waals surface area contributed by atoms with Crippen LogP contribution in [-0.4, -0.2) is 28.8 Å². The summed E-state index contributed by atoms with van der Waals surface area (Å²) in [6.45, 7) is 6.16. The fourth-order valence-electron chi connectivity index (χ4n) is 2.36. The number of hydrogen-bond donors (Lipinski definition) is 1. The lowest BCUT2D eigenvalue weighted by molar-refractivity contribution is -0.131. The van der Waals surface area contributed by atoms with Crippen molar-refractivity contribution in [3.8, 4) is 0 Å². The van der Waals surface area contributed by atoms with Gasteiger partial charge in [-0.25, -0.2) is 4.39 Å². The predicted octanol–water partition coefficient (Wildman–Crippen LogP) is 3.17. The SMILES string of the molecule is CC(C)(C)N1C[C@H](C(=O)Nc2ccc(Br)cc2F)CC1=O. The number of carbonyl (C=O) groups excluding carboxylic acids is 2. The topological polar surface area (TPSA) is 49.4 Å². The predicted molar refractivity (Wildman–Crippen MR) is 82.3 cm³/mol. The molecule has 0 unspecified atom stereocenters. The first-order valence-corrected chi connectivity index (χ1v) is 7.54. The Balaban J connectivity index is 2.07. The number of anilines is 1. The van der Waals surface area contributed by atoms with Gasteiger partial charge in [0.15, 0.2) is 0 Å². The molecular formula is C15H18BrFN2O2. The number of rotatable bonds is 2. The average molecular weight is 357 g/mol. The zero-order valence-corrected chi connectivity index (χ0v) is 13.8. The Hall–Kier alpha value is -1.43. The molecule has 0 radical (unpaired) electrons. The number of benzene rings is 1. The highest BCUT2D eigenvalue weighted by atomic mass is 79.9. The third-order valence-electron chi connectivity index (χ3n) is 3.49. The van der Waals surface area contributed by atoms with Crippen molar-refractivity contribution in [2.75, 3.05) is 11.9 Å². The summed E-state index contributed by atoms with van der Waals surface area (Å²) in [5.41, 5.74) is -0.181. The summed E-state index contributed by atoms with van der Waals surface area (Å²) in [6.07, 6.45) is 0.168. The van der Waals surface area contributed by atoms with E-state index in [0.29, 0.717) is 11.0 Å². The number of hydrogen-bond acceptors (Lipinski definition) is 2. The minimum absolute atomic E-state index is 0.0427. The smallest absolute Gasteiger partial charge is 0.229 e. The van der Waals surface area contributed by atoms with Crippen LogP contribution in [0.4, 0.5) is 10.1 Å². The van der Waals surface area contributed by atoms with Gasteiger partial charge in [0.05, 0.1) is 11.6 Å². The lowest BCUT2D eigenvalue weighted by Crippen LogP contribution is -2.42. The van der Waals surface area contributed by atoms with E-state index in [1.165, 1.54) is 12.1 Å². The Labute approximate surface area is 131 Å². The molecule has 2 amide bonds. The van der Waals surface area contributed by atoms with Gasteiger partial charge in [0, 0.05) is 23.0 Å². The maximum atomic E-state index is 13.7. The average Bonchev–Trinajstić information content (AvgIpc) is 2.75. The zero-order valence-electron chi connectivity index (χ0n) is 12.2. The van der Waals surface area contributed by atoms with E-state index in [0.717, 1.165) is 0 Å². The number of likely N-dealkylation sites (tertiary alicyclic amines) is 1. The normalized spacial score (nSPS) is 19.0. The fraction of sp³-hybridized carbons (Fsp3) is 0.467. The van der Waals surface area contributed by atoms with Gasteiger partial charge in [-0.2, -0.15) is 0 Å². The van der Waals surface area contributed by atoms with Crippen LogP contribution in [0.3, 0.4) is 0 Å². The fourth-order valence-corrected chi connectivity index (χ4v) is 2.69. The Morgan fingerprint density at radius 2 is 2.10 bits per heavy atom. The third kappa shape index (κ3) is 3.61. The number of halogens is 2. The quantitative estimate of drug-likeness (QED) is 0.884. The second-order valence-electron chi connectivity index (χ2n) is 6.19. The Bertz CT molecular complexity index is 584. The van der Waals surface area contributed by atoms with Crippen LogP contribution in [0, 0.1) is 11.7 Å². The maximum absolute atomic E-state index is 13.7. The molecule has 1 atom stereocenters.